The normalized spacial score (nSPS) is 12.2. The second-order valence-corrected chi connectivity index (χ2v) is 5.92. The summed E-state index contributed by atoms with van der Waals surface area (Å²) in [6, 6.07) is 14.0. The van der Waals surface area contributed by atoms with Crippen molar-refractivity contribution in [2.24, 2.45) is 0 Å². The standard InChI is InChI=1S/C15H14Br2O2/c1-18-14-5-3-10(4-6-14)15(19-2)11-7-12(16)9-13(17)8-11/h3-9,15H,1-2H3. The van der Waals surface area contributed by atoms with Crippen LogP contribution in [0.15, 0.2) is 51.4 Å². The van der Waals surface area contributed by atoms with E-state index in [0.29, 0.717) is 0 Å². The zero-order chi connectivity index (χ0) is 13.8. The SMILES string of the molecule is COc1ccc(C(OC)c2cc(Br)cc(Br)c2)cc1. The van der Waals surface area contributed by atoms with E-state index in [1.54, 1.807) is 14.2 Å². The average Bonchev–Trinajstić information content (AvgIpc) is 2.39. The van der Waals surface area contributed by atoms with Crippen LogP contribution in [0.3, 0.4) is 0 Å². The van der Waals surface area contributed by atoms with Crippen LogP contribution in [0.4, 0.5) is 0 Å². The number of methoxy groups -OCH3 is 2. The lowest BCUT2D eigenvalue weighted by molar-refractivity contribution is 0.136. The molecule has 0 spiro atoms. The molecule has 4 heteroatoms. The van der Waals surface area contributed by atoms with Gasteiger partial charge in [-0.1, -0.05) is 44.0 Å². The van der Waals surface area contributed by atoms with Crippen LogP contribution < -0.4 is 4.74 Å². The Kier molecular flexibility index (Phi) is 5.02. The molecule has 2 aromatic carbocycles. The first-order valence-electron chi connectivity index (χ1n) is 5.77. The van der Waals surface area contributed by atoms with Crippen LogP contribution in [-0.4, -0.2) is 14.2 Å². The Morgan fingerprint density at radius 2 is 1.42 bits per heavy atom. The van der Waals surface area contributed by atoms with Crippen LogP contribution in [0.2, 0.25) is 0 Å². The molecule has 0 heterocycles. The summed E-state index contributed by atoms with van der Waals surface area (Å²) < 4.78 is 12.8. The van der Waals surface area contributed by atoms with Gasteiger partial charge in [0.1, 0.15) is 11.9 Å². The number of halogens is 2. The predicted molar refractivity (Wildman–Crippen MR) is 83.7 cm³/mol. The zero-order valence-corrected chi connectivity index (χ0v) is 13.9. The maximum Gasteiger partial charge on any atom is 0.118 e. The van der Waals surface area contributed by atoms with Crippen LogP contribution in [0.1, 0.15) is 17.2 Å². The van der Waals surface area contributed by atoms with Gasteiger partial charge in [-0.25, -0.2) is 0 Å². The smallest absolute Gasteiger partial charge is 0.118 e. The van der Waals surface area contributed by atoms with E-state index in [0.717, 1.165) is 25.8 Å². The summed E-state index contributed by atoms with van der Waals surface area (Å²) in [4.78, 5) is 0. The van der Waals surface area contributed by atoms with Crippen molar-refractivity contribution in [1.29, 1.82) is 0 Å². The Morgan fingerprint density at radius 3 is 1.89 bits per heavy atom. The van der Waals surface area contributed by atoms with Crippen molar-refractivity contribution >= 4 is 31.9 Å². The van der Waals surface area contributed by atoms with E-state index in [-0.39, 0.29) is 6.10 Å². The maximum absolute atomic E-state index is 5.62. The van der Waals surface area contributed by atoms with Crippen molar-refractivity contribution in [1.82, 2.24) is 0 Å². The van der Waals surface area contributed by atoms with E-state index >= 15 is 0 Å². The summed E-state index contributed by atoms with van der Waals surface area (Å²) in [6.45, 7) is 0. The Hall–Kier alpha value is -0.840. The lowest BCUT2D eigenvalue weighted by atomic mass is 10.0. The molecule has 0 saturated heterocycles. The Balaban J connectivity index is 2.37. The molecule has 0 saturated carbocycles. The molecule has 1 unspecified atom stereocenters. The van der Waals surface area contributed by atoms with E-state index in [1.165, 1.54) is 0 Å². The highest BCUT2D eigenvalue weighted by Gasteiger charge is 2.14. The monoisotopic (exact) mass is 384 g/mol. The fraction of sp³-hybridized carbons (Fsp3) is 0.200. The first kappa shape index (κ1) is 14.6. The van der Waals surface area contributed by atoms with Gasteiger partial charge in [-0.05, 0) is 41.5 Å². The van der Waals surface area contributed by atoms with Gasteiger partial charge in [-0.2, -0.15) is 0 Å². The van der Waals surface area contributed by atoms with Gasteiger partial charge in [-0.3, -0.25) is 0 Å². The number of benzene rings is 2. The molecule has 2 nitrogen and oxygen atoms in total. The fourth-order valence-corrected chi connectivity index (χ4v) is 3.30. The van der Waals surface area contributed by atoms with Crippen LogP contribution in [0.5, 0.6) is 5.75 Å². The van der Waals surface area contributed by atoms with Crippen LogP contribution in [0, 0.1) is 0 Å². The molecule has 2 rings (SSSR count). The molecular formula is C15H14Br2O2. The van der Waals surface area contributed by atoms with E-state index in [9.17, 15) is 0 Å². The fourth-order valence-electron chi connectivity index (χ4n) is 1.97. The highest BCUT2D eigenvalue weighted by Crippen LogP contribution is 2.31. The third-order valence-electron chi connectivity index (χ3n) is 2.84. The summed E-state index contributed by atoms with van der Waals surface area (Å²) in [5, 5.41) is 0. The van der Waals surface area contributed by atoms with Crippen molar-refractivity contribution in [3.8, 4) is 5.75 Å². The molecule has 0 aliphatic heterocycles. The lowest BCUT2D eigenvalue weighted by Crippen LogP contribution is -2.03. The summed E-state index contributed by atoms with van der Waals surface area (Å²) >= 11 is 7.00. The molecule has 0 radical (unpaired) electrons. The van der Waals surface area contributed by atoms with E-state index in [1.807, 2.05) is 30.3 Å². The molecule has 0 aliphatic carbocycles. The van der Waals surface area contributed by atoms with Gasteiger partial charge in [0, 0.05) is 16.1 Å². The highest BCUT2D eigenvalue weighted by molar-refractivity contribution is 9.11. The second kappa shape index (κ2) is 6.55. The minimum Gasteiger partial charge on any atom is -0.497 e. The van der Waals surface area contributed by atoms with Gasteiger partial charge in [0.25, 0.3) is 0 Å². The summed E-state index contributed by atoms with van der Waals surface area (Å²) in [7, 11) is 3.37. The minimum atomic E-state index is -0.0975. The molecule has 0 N–H and O–H groups in total. The van der Waals surface area contributed by atoms with Crippen LogP contribution in [-0.2, 0) is 4.74 Å². The van der Waals surface area contributed by atoms with Crippen LogP contribution in [0.25, 0.3) is 0 Å². The van der Waals surface area contributed by atoms with Gasteiger partial charge in [-0.15, -0.1) is 0 Å². The number of rotatable bonds is 4. The molecule has 0 aromatic heterocycles. The number of hydrogen-bond donors (Lipinski definition) is 0. The first-order chi connectivity index (χ1) is 9.13. The molecule has 100 valence electrons. The van der Waals surface area contributed by atoms with Crippen molar-refractivity contribution in [2.45, 2.75) is 6.10 Å². The summed E-state index contributed by atoms with van der Waals surface area (Å²) in [5.41, 5.74) is 2.18. The number of ether oxygens (including phenoxy) is 2. The summed E-state index contributed by atoms with van der Waals surface area (Å²) in [5.74, 6) is 0.842. The van der Waals surface area contributed by atoms with E-state index in [2.05, 4.69) is 44.0 Å². The maximum atomic E-state index is 5.62. The van der Waals surface area contributed by atoms with Gasteiger partial charge >= 0.3 is 0 Å². The molecule has 0 aliphatic rings. The van der Waals surface area contributed by atoms with Crippen molar-refractivity contribution in [2.75, 3.05) is 14.2 Å². The topological polar surface area (TPSA) is 18.5 Å². The molecular weight excluding hydrogens is 372 g/mol. The number of hydrogen-bond acceptors (Lipinski definition) is 2. The molecule has 0 fully saturated rings. The molecule has 2 aromatic rings. The van der Waals surface area contributed by atoms with Gasteiger partial charge in [0.2, 0.25) is 0 Å². The molecule has 1 atom stereocenters. The highest BCUT2D eigenvalue weighted by atomic mass is 79.9. The van der Waals surface area contributed by atoms with Gasteiger partial charge in [0.15, 0.2) is 0 Å². The van der Waals surface area contributed by atoms with Crippen LogP contribution >= 0.6 is 31.9 Å². The van der Waals surface area contributed by atoms with Crippen molar-refractivity contribution < 1.29 is 9.47 Å². The van der Waals surface area contributed by atoms with E-state index < -0.39 is 0 Å². The van der Waals surface area contributed by atoms with E-state index in [4.69, 9.17) is 9.47 Å². The Bertz CT molecular complexity index is 532. The molecule has 0 amide bonds. The largest absolute Gasteiger partial charge is 0.497 e. The third-order valence-corrected chi connectivity index (χ3v) is 3.76. The van der Waals surface area contributed by atoms with Gasteiger partial charge in [0.05, 0.1) is 7.11 Å². The molecule has 19 heavy (non-hydrogen) atoms. The predicted octanol–water partition coefficient (Wildman–Crippen LogP) is 4.96. The minimum absolute atomic E-state index is 0.0975. The lowest BCUT2D eigenvalue weighted by Gasteiger charge is -2.17. The summed E-state index contributed by atoms with van der Waals surface area (Å²) in [6.07, 6.45) is -0.0975. The quantitative estimate of drug-likeness (QED) is 0.740. The average molecular weight is 386 g/mol. The van der Waals surface area contributed by atoms with Crippen molar-refractivity contribution in [3.63, 3.8) is 0 Å². The molecule has 0 bridgehead atoms. The Labute approximate surface area is 130 Å². The van der Waals surface area contributed by atoms with Gasteiger partial charge < -0.3 is 9.47 Å². The first-order valence-corrected chi connectivity index (χ1v) is 7.35. The Morgan fingerprint density at radius 1 is 0.842 bits per heavy atom. The second-order valence-electron chi connectivity index (χ2n) is 4.09. The van der Waals surface area contributed by atoms with Crippen molar-refractivity contribution in [3.05, 3.63) is 62.5 Å². The zero-order valence-electron chi connectivity index (χ0n) is 10.7. The third kappa shape index (κ3) is 3.59.